The lowest BCUT2D eigenvalue weighted by molar-refractivity contribution is -0.125. The third-order valence-corrected chi connectivity index (χ3v) is 5.85. The molecule has 0 aromatic carbocycles. The molecule has 0 unspecified atom stereocenters. The van der Waals surface area contributed by atoms with Crippen molar-refractivity contribution in [2.24, 2.45) is 0 Å². The molecule has 2 rings (SSSR count). The normalized spacial score (nSPS) is 11.2. The molecule has 22 heavy (non-hydrogen) atoms. The Kier molecular flexibility index (Phi) is 6.70. The summed E-state index contributed by atoms with van der Waals surface area (Å²) in [5.41, 5.74) is 2.47. The molecule has 0 aliphatic carbocycles. The zero-order valence-electron chi connectivity index (χ0n) is 13.0. The van der Waals surface area contributed by atoms with E-state index in [1.54, 1.807) is 17.4 Å². The van der Waals surface area contributed by atoms with Gasteiger partial charge in [0.2, 0.25) is 5.91 Å². The van der Waals surface area contributed by atoms with Crippen molar-refractivity contribution in [3.05, 3.63) is 50.0 Å². The molecule has 2 heterocycles. The largest absolute Gasteiger partial charge is 0.348 e. The average molecular weight is 428 g/mol. The van der Waals surface area contributed by atoms with E-state index in [4.69, 9.17) is 0 Å². The minimum Gasteiger partial charge on any atom is -0.348 e. The number of hydrogen-bond acceptors (Lipinski definition) is 2. The highest BCUT2D eigenvalue weighted by Crippen LogP contribution is 2.20. The van der Waals surface area contributed by atoms with Crippen LogP contribution in [0.25, 0.3) is 6.08 Å². The minimum absolute atomic E-state index is 0.0742. The molecule has 3 nitrogen and oxygen atoms in total. The second kappa shape index (κ2) is 8.53. The fourth-order valence-corrected chi connectivity index (χ4v) is 3.88. The van der Waals surface area contributed by atoms with E-state index in [9.17, 15) is 4.79 Å². The molecule has 118 valence electrons. The average Bonchev–Trinajstić information content (AvgIpc) is 3.13. The van der Waals surface area contributed by atoms with Crippen LogP contribution in [0.1, 0.15) is 25.1 Å². The summed E-state index contributed by atoms with van der Waals surface area (Å²) in [6.45, 7) is 6.42. The molecule has 0 aliphatic rings. The van der Waals surface area contributed by atoms with Crippen molar-refractivity contribution in [1.29, 1.82) is 0 Å². The summed E-state index contributed by atoms with van der Waals surface area (Å²) < 4.78 is 3.55. The van der Waals surface area contributed by atoms with Gasteiger partial charge in [-0.25, -0.2) is 0 Å². The van der Waals surface area contributed by atoms with Crippen LogP contribution in [0.2, 0.25) is 0 Å². The molecule has 1 amide bonds. The SMILES string of the molecule is CCN(CC)C(=O)/C=C/c1cccn1CCc1ccsc1I. The quantitative estimate of drug-likeness (QED) is 0.478. The van der Waals surface area contributed by atoms with Crippen LogP contribution in [0.4, 0.5) is 0 Å². The maximum absolute atomic E-state index is 12.0. The van der Waals surface area contributed by atoms with Crippen molar-refractivity contribution < 1.29 is 4.79 Å². The van der Waals surface area contributed by atoms with Gasteiger partial charge in [0.05, 0.1) is 2.88 Å². The van der Waals surface area contributed by atoms with E-state index in [0.717, 1.165) is 31.7 Å². The van der Waals surface area contributed by atoms with E-state index in [-0.39, 0.29) is 5.91 Å². The monoisotopic (exact) mass is 428 g/mol. The van der Waals surface area contributed by atoms with Gasteiger partial charge < -0.3 is 9.47 Å². The molecule has 0 radical (unpaired) electrons. The summed E-state index contributed by atoms with van der Waals surface area (Å²) in [5.74, 6) is 0.0742. The molecule has 2 aromatic rings. The van der Waals surface area contributed by atoms with E-state index in [1.165, 1.54) is 8.45 Å². The van der Waals surface area contributed by atoms with Crippen molar-refractivity contribution in [3.63, 3.8) is 0 Å². The Hall–Kier alpha value is -1.08. The van der Waals surface area contributed by atoms with Gasteiger partial charge in [-0.3, -0.25) is 4.79 Å². The number of carbonyl (C=O) groups is 1. The molecule has 0 saturated carbocycles. The van der Waals surface area contributed by atoms with Crippen molar-refractivity contribution in [3.8, 4) is 0 Å². The smallest absolute Gasteiger partial charge is 0.246 e. The van der Waals surface area contributed by atoms with Crippen molar-refractivity contribution in [1.82, 2.24) is 9.47 Å². The fraction of sp³-hybridized carbons (Fsp3) is 0.353. The highest BCUT2D eigenvalue weighted by atomic mass is 127. The predicted octanol–water partition coefficient (Wildman–Crippen LogP) is 4.28. The highest BCUT2D eigenvalue weighted by Gasteiger charge is 2.06. The lowest BCUT2D eigenvalue weighted by atomic mass is 10.2. The minimum atomic E-state index is 0.0742. The first kappa shape index (κ1) is 17.3. The number of hydrogen-bond donors (Lipinski definition) is 0. The zero-order chi connectivity index (χ0) is 15.9. The molecular formula is C17H21IN2OS. The van der Waals surface area contributed by atoms with Crippen LogP contribution in [0, 0.1) is 2.88 Å². The van der Waals surface area contributed by atoms with E-state index in [0.29, 0.717) is 0 Å². The van der Waals surface area contributed by atoms with Crippen molar-refractivity contribution in [2.45, 2.75) is 26.8 Å². The van der Waals surface area contributed by atoms with Gasteiger partial charge in [-0.05, 0) is 78.1 Å². The Labute approximate surface area is 149 Å². The zero-order valence-corrected chi connectivity index (χ0v) is 15.9. The number of halogens is 1. The number of aryl methyl sites for hydroxylation is 2. The standard InChI is InChI=1S/C17H21IN2OS/c1-3-19(4-2)16(21)8-7-15-6-5-11-20(15)12-9-14-10-13-22-17(14)18/h5-8,10-11,13H,3-4,9,12H2,1-2H3/b8-7+. The number of thiophene rings is 1. The first-order valence-corrected chi connectivity index (χ1v) is 9.45. The van der Waals surface area contributed by atoms with Gasteiger partial charge in [0.1, 0.15) is 0 Å². The Morgan fingerprint density at radius 1 is 1.36 bits per heavy atom. The summed E-state index contributed by atoms with van der Waals surface area (Å²) in [6, 6.07) is 6.26. The van der Waals surface area contributed by atoms with E-state index < -0.39 is 0 Å². The van der Waals surface area contributed by atoms with Crippen LogP contribution in [0.5, 0.6) is 0 Å². The first-order valence-electron chi connectivity index (χ1n) is 7.49. The van der Waals surface area contributed by atoms with E-state index in [2.05, 4.69) is 44.8 Å². The number of amides is 1. The second-order valence-corrected chi connectivity index (χ2v) is 7.67. The Balaban J connectivity index is 2.00. The van der Waals surface area contributed by atoms with Crippen LogP contribution < -0.4 is 0 Å². The van der Waals surface area contributed by atoms with Crippen molar-refractivity contribution in [2.75, 3.05) is 13.1 Å². The third kappa shape index (κ3) is 4.46. The first-order chi connectivity index (χ1) is 10.7. The van der Waals surface area contributed by atoms with Gasteiger partial charge in [-0.1, -0.05) is 0 Å². The number of carbonyl (C=O) groups excluding carboxylic acids is 1. The number of rotatable bonds is 7. The van der Waals surface area contributed by atoms with Gasteiger partial charge in [0.15, 0.2) is 0 Å². The van der Waals surface area contributed by atoms with Crippen molar-refractivity contribution >= 4 is 45.9 Å². The molecule has 0 spiro atoms. The molecule has 0 fully saturated rings. The molecule has 0 atom stereocenters. The molecule has 2 aromatic heterocycles. The number of aromatic nitrogens is 1. The van der Waals surface area contributed by atoms with E-state index >= 15 is 0 Å². The molecule has 0 aliphatic heterocycles. The predicted molar refractivity (Wildman–Crippen MR) is 102 cm³/mol. The summed E-state index contributed by atoms with van der Waals surface area (Å²) >= 11 is 4.17. The number of likely N-dealkylation sites (N-methyl/N-ethyl adjacent to an activating group) is 1. The summed E-state index contributed by atoms with van der Waals surface area (Å²) in [6.07, 6.45) is 6.68. The molecule has 5 heteroatoms. The Bertz CT molecular complexity index is 641. The topological polar surface area (TPSA) is 25.2 Å². The fourth-order valence-electron chi connectivity index (χ4n) is 2.32. The maximum atomic E-state index is 12.0. The summed E-state index contributed by atoms with van der Waals surface area (Å²) in [5, 5.41) is 2.14. The van der Waals surface area contributed by atoms with Gasteiger partial charge in [-0.15, -0.1) is 11.3 Å². The van der Waals surface area contributed by atoms with Crippen LogP contribution in [0.3, 0.4) is 0 Å². The van der Waals surface area contributed by atoms with Crippen LogP contribution >= 0.6 is 33.9 Å². The van der Waals surface area contributed by atoms with Gasteiger partial charge >= 0.3 is 0 Å². The summed E-state index contributed by atoms with van der Waals surface area (Å²) in [4.78, 5) is 13.8. The van der Waals surface area contributed by atoms with Crippen LogP contribution in [-0.2, 0) is 17.8 Å². The van der Waals surface area contributed by atoms with Gasteiger partial charge in [0, 0.05) is 37.6 Å². The maximum Gasteiger partial charge on any atom is 0.246 e. The molecule has 0 saturated heterocycles. The number of nitrogens with zero attached hydrogens (tertiary/aromatic N) is 2. The molecule has 0 N–H and O–H groups in total. The van der Waals surface area contributed by atoms with Crippen LogP contribution in [0.15, 0.2) is 35.9 Å². The highest BCUT2D eigenvalue weighted by molar-refractivity contribution is 14.1. The third-order valence-electron chi connectivity index (χ3n) is 3.65. The van der Waals surface area contributed by atoms with Gasteiger partial charge in [0.25, 0.3) is 0 Å². The Morgan fingerprint density at radius 3 is 2.77 bits per heavy atom. The molecule has 0 bridgehead atoms. The lowest BCUT2D eigenvalue weighted by Gasteiger charge is -2.16. The van der Waals surface area contributed by atoms with E-state index in [1.807, 2.05) is 37.0 Å². The Morgan fingerprint density at radius 2 is 2.14 bits per heavy atom. The molecular weight excluding hydrogens is 407 g/mol. The summed E-state index contributed by atoms with van der Waals surface area (Å²) in [7, 11) is 0. The second-order valence-electron chi connectivity index (χ2n) is 4.94. The van der Waals surface area contributed by atoms with Crippen LogP contribution in [-0.4, -0.2) is 28.5 Å². The van der Waals surface area contributed by atoms with Gasteiger partial charge in [-0.2, -0.15) is 0 Å². The lowest BCUT2D eigenvalue weighted by Crippen LogP contribution is -2.28.